The molecule has 2 heterocycles. The Labute approximate surface area is 200 Å². The Morgan fingerprint density at radius 1 is 1.00 bits per heavy atom. The molecule has 0 saturated carbocycles. The fourth-order valence-corrected chi connectivity index (χ4v) is 4.04. The molecular weight excluding hydrogens is 444 g/mol. The summed E-state index contributed by atoms with van der Waals surface area (Å²) >= 11 is 0. The van der Waals surface area contributed by atoms with Crippen molar-refractivity contribution >= 4 is 40.5 Å². The molecule has 1 aliphatic rings. The number of anilines is 2. The molecule has 8 heteroatoms. The molecule has 0 radical (unpaired) electrons. The van der Waals surface area contributed by atoms with E-state index in [4.69, 9.17) is 0 Å². The monoisotopic (exact) mass is 464 g/mol. The van der Waals surface area contributed by atoms with Crippen molar-refractivity contribution < 1.29 is 14.5 Å². The number of amides is 2. The number of aromatic nitrogens is 1. The van der Waals surface area contributed by atoms with Gasteiger partial charge in [-0.05, 0) is 66.1 Å². The Morgan fingerprint density at radius 2 is 1.77 bits per heavy atom. The van der Waals surface area contributed by atoms with Gasteiger partial charge in [0.05, 0.1) is 10.5 Å². The highest BCUT2D eigenvalue weighted by Gasteiger charge is 2.24. The maximum Gasteiger partial charge on any atom is 0.282 e. The minimum absolute atomic E-state index is 0.0108. The lowest BCUT2D eigenvalue weighted by molar-refractivity contribution is -0.385. The average molecular weight is 464 g/mol. The summed E-state index contributed by atoms with van der Waals surface area (Å²) in [5.74, 6) is -0.704. The van der Waals surface area contributed by atoms with Gasteiger partial charge in [-0.25, -0.2) is 0 Å². The predicted octanol–water partition coefficient (Wildman–Crippen LogP) is 5.64. The van der Waals surface area contributed by atoms with Crippen LogP contribution >= 0.6 is 0 Å². The summed E-state index contributed by atoms with van der Waals surface area (Å²) in [7, 11) is 0. The van der Waals surface area contributed by atoms with E-state index < -0.39 is 10.8 Å². The van der Waals surface area contributed by atoms with Crippen molar-refractivity contribution in [3.63, 3.8) is 0 Å². The summed E-state index contributed by atoms with van der Waals surface area (Å²) in [5.41, 5.74) is 5.84. The number of hydrogen-bond donors (Lipinski definition) is 3. The number of fused-ring (bicyclic) bond motifs is 1. The van der Waals surface area contributed by atoms with E-state index in [1.165, 1.54) is 12.1 Å². The first-order valence-corrected chi connectivity index (χ1v) is 10.9. The highest BCUT2D eigenvalue weighted by atomic mass is 16.6. The van der Waals surface area contributed by atoms with E-state index in [1.54, 1.807) is 31.3 Å². The molecule has 3 N–H and O–H groups in total. The van der Waals surface area contributed by atoms with E-state index >= 15 is 0 Å². The standard InChI is InChI=1S/C27H20N4O4/c1-16-4-11-25(31(34)35)23(13-16)27(33)29-19-8-5-17(6-9-19)18-7-10-21-22(15-20-3-2-12-28-20)26(32)30-24(21)14-18/h2-15,28H,1H3,(H,29,33)(H,30,32)/b22-15-. The van der Waals surface area contributed by atoms with Crippen LogP contribution in [0.3, 0.4) is 0 Å². The Kier molecular flexibility index (Phi) is 5.46. The predicted molar refractivity (Wildman–Crippen MR) is 135 cm³/mol. The number of benzene rings is 3. The normalized spacial score (nSPS) is 13.4. The smallest absolute Gasteiger partial charge is 0.282 e. The van der Waals surface area contributed by atoms with E-state index in [-0.39, 0.29) is 17.2 Å². The molecule has 0 bridgehead atoms. The van der Waals surface area contributed by atoms with Gasteiger partial charge >= 0.3 is 0 Å². The quantitative estimate of drug-likeness (QED) is 0.201. The lowest BCUT2D eigenvalue weighted by atomic mass is 10.00. The molecule has 0 saturated heterocycles. The molecule has 1 aliphatic heterocycles. The molecule has 1 aromatic heterocycles. The molecule has 4 aromatic rings. The minimum atomic E-state index is -0.567. The molecular formula is C27H20N4O4. The van der Waals surface area contributed by atoms with Crippen LogP contribution in [-0.4, -0.2) is 21.7 Å². The Balaban J connectivity index is 1.36. The number of nitro groups is 1. The van der Waals surface area contributed by atoms with Crippen molar-refractivity contribution in [3.05, 3.63) is 111 Å². The van der Waals surface area contributed by atoms with Crippen molar-refractivity contribution in [2.45, 2.75) is 6.92 Å². The van der Waals surface area contributed by atoms with E-state index in [2.05, 4.69) is 15.6 Å². The van der Waals surface area contributed by atoms with Crippen LogP contribution < -0.4 is 10.6 Å². The second-order valence-electron chi connectivity index (χ2n) is 8.21. The van der Waals surface area contributed by atoms with Gasteiger partial charge in [0.15, 0.2) is 0 Å². The summed E-state index contributed by atoms with van der Waals surface area (Å²) in [6.07, 6.45) is 3.62. The van der Waals surface area contributed by atoms with Crippen LogP contribution in [0.15, 0.2) is 79.0 Å². The van der Waals surface area contributed by atoms with Gasteiger partial charge in [-0.15, -0.1) is 0 Å². The maximum atomic E-state index is 12.7. The van der Waals surface area contributed by atoms with Crippen LogP contribution in [0.5, 0.6) is 0 Å². The highest BCUT2D eigenvalue weighted by molar-refractivity contribution is 6.35. The molecule has 0 fully saturated rings. The number of rotatable bonds is 5. The summed E-state index contributed by atoms with van der Waals surface area (Å²) in [5, 5.41) is 16.9. The summed E-state index contributed by atoms with van der Waals surface area (Å²) in [6.45, 7) is 1.77. The Hall–Kier alpha value is -4.98. The molecule has 8 nitrogen and oxygen atoms in total. The molecule has 172 valence electrons. The van der Waals surface area contributed by atoms with Gasteiger partial charge in [-0.2, -0.15) is 0 Å². The Morgan fingerprint density at radius 3 is 2.49 bits per heavy atom. The number of nitro benzene ring substituents is 1. The first kappa shape index (κ1) is 21.8. The number of nitrogens with one attached hydrogen (secondary N) is 3. The van der Waals surface area contributed by atoms with E-state index in [0.29, 0.717) is 11.3 Å². The van der Waals surface area contributed by atoms with Gasteiger partial charge in [0.25, 0.3) is 17.5 Å². The number of nitrogens with zero attached hydrogens (tertiary/aromatic N) is 1. The van der Waals surface area contributed by atoms with Crippen LogP contribution in [0.2, 0.25) is 0 Å². The first-order chi connectivity index (χ1) is 16.9. The molecule has 2 amide bonds. The number of aryl methyl sites for hydroxylation is 1. The summed E-state index contributed by atoms with van der Waals surface area (Å²) in [4.78, 5) is 39.0. The topological polar surface area (TPSA) is 117 Å². The zero-order valence-corrected chi connectivity index (χ0v) is 18.7. The van der Waals surface area contributed by atoms with Gasteiger partial charge in [-0.3, -0.25) is 19.7 Å². The van der Waals surface area contributed by atoms with Gasteiger partial charge in [-0.1, -0.05) is 30.3 Å². The van der Waals surface area contributed by atoms with Crippen LogP contribution in [-0.2, 0) is 4.79 Å². The van der Waals surface area contributed by atoms with Crippen molar-refractivity contribution in [1.82, 2.24) is 4.98 Å². The van der Waals surface area contributed by atoms with Crippen molar-refractivity contribution in [3.8, 4) is 11.1 Å². The van der Waals surface area contributed by atoms with E-state index in [0.717, 1.165) is 33.6 Å². The lowest BCUT2D eigenvalue weighted by Crippen LogP contribution is -2.14. The second-order valence-corrected chi connectivity index (χ2v) is 8.21. The van der Waals surface area contributed by atoms with Gasteiger partial charge in [0.2, 0.25) is 0 Å². The number of H-pyrrole nitrogens is 1. The number of aromatic amines is 1. The van der Waals surface area contributed by atoms with Crippen LogP contribution in [0.4, 0.5) is 17.1 Å². The van der Waals surface area contributed by atoms with E-state index in [9.17, 15) is 19.7 Å². The van der Waals surface area contributed by atoms with Crippen LogP contribution in [0, 0.1) is 17.0 Å². The third kappa shape index (κ3) is 4.32. The Bertz CT molecular complexity index is 1500. The fraction of sp³-hybridized carbons (Fsp3) is 0.0370. The van der Waals surface area contributed by atoms with E-state index in [1.807, 2.05) is 48.5 Å². The molecule has 5 rings (SSSR count). The molecule has 0 aliphatic carbocycles. The SMILES string of the molecule is Cc1ccc([N+](=O)[O-])c(C(=O)Nc2ccc(-c3ccc4c(c3)NC(=O)/C4=C\c3ccc[nH]3)cc2)c1. The second kappa shape index (κ2) is 8.75. The molecule has 0 unspecified atom stereocenters. The van der Waals surface area contributed by atoms with Gasteiger partial charge in [0.1, 0.15) is 5.56 Å². The zero-order valence-electron chi connectivity index (χ0n) is 18.7. The largest absolute Gasteiger partial charge is 0.362 e. The molecule has 0 spiro atoms. The van der Waals surface area contributed by atoms with Crippen molar-refractivity contribution in [1.29, 1.82) is 0 Å². The fourth-order valence-electron chi connectivity index (χ4n) is 4.04. The molecule has 3 aromatic carbocycles. The van der Waals surface area contributed by atoms with Crippen molar-refractivity contribution in [2.75, 3.05) is 10.6 Å². The third-order valence-electron chi connectivity index (χ3n) is 5.79. The van der Waals surface area contributed by atoms with Gasteiger partial charge in [0, 0.05) is 34.9 Å². The third-order valence-corrected chi connectivity index (χ3v) is 5.79. The highest BCUT2D eigenvalue weighted by Crippen LogP contribution is 2.36. The van der Waals surface area contributed by atoms with Crippen LogP contribution in [0.1, 0.15) is 27.2 Å². The van der Waals surface area contributed by atoms with Gasteiger partial charge < -0.3 is 15.6 Å². The zero-order chi connectivity index (χ0) is 24.5. The number of carbonyl (C=O) groups excluding carboxylic acids is 2. The first-order valence-electron chi connectivity index (χ1n) is 10.9. The lowest BCUT2D eigenvalue weighted by Gasteiger charge is -2.09. The van der Waals surface area contributed by atoms with Crippen molar-refractivity contribution in [2.24, 2.45) is 0 Å². The number of hydrogen-bond acceptors (Lipinski definition) is 4. The summed E-state index contributed by atoms with van der Waals surface area (Å²) in [6, 6.07) is 21.1. The number of carbonyl (C=O) groups is 2. The summed E-state index contributed by atoms with van der Waals surface area (Å²) < 4.78 is 0. The van der Waals surface area contributed by atoms with Crippen LogP contribution in [0.25, 0.3) is 22.8 Å². The molecule has 0 atom stereocenters. The minimum Gasteiger partial charge on any atom is -0.362 e. The molecule has 35 heavy (non-hydrogen) atoms. The average Bonchev–Trinajstić information content (AvgIpc) is 3.47. The maximum absolute atomic E-state index is 12.7.